The van der Waals surface area contributed by atoms with Crippen molar-refractivity contribution >= 4 is 0 Å². The Hall–Kier alpha value is -0.510. The van der Waals surface area contributed by atoms with Crippen molar-refractivity contribution in [2.45, 2.75) is 51.2 Å². The van der Waals surface area contributed by atoms with Crippen LogP contribution in [0, 0.1) is 11.8 Å². The second kappa shape index (κ2) is 5.21. The van der Waals surface area contributed by atoms with Crippen LogP contribution in [0.5, 0.6) is 0 Å². The van der Waals surface area contributed by atoms with Gasteiger partial charge in [-0.25, -0.2) is 0 Å². The highest BCUT2D eigenvalue weighted by atomic mass is 19.4. The van der Waals surface area contributed by atoms with E-state index in [1.54, 1.807) is 0 Å². The zero-order valence-corrected chi connectivity index (χ0v) is 9.69. The van der Waals surface area contributed by atoms with Crippen molar-refractivity contribution in [1.29, 1.82) is 0 Å². The van der Waals surface area contributed by atoms with E-state index >= 15 is 0 Å². The first kappa shape index (κ1) is 13.6. The lowest BCUT2D eigenvalue weighted by Crippen LogP contribution is -2.37. The maximum Gasteiger partial charge on any atom is 0.391 e. The standard InChI is InChI=1S/C12H20F3N/c1-8(2)6-11(16)9-4-3-5-10(7-9)12(13,14)15/h9-11H,1,3-7,16H2,2H3. The number of rotatable bonds is 3. The molecule has 3 unspecified atom stereocenters. The summed E-state index contributed by atoms with van der Waals surface area (Å²) in [6, 6.07) is -0.164. The van der Waals surface area contributed by atoms with Gasteiger partial charge in [0, 0.05) is 6.04 Å². The van der Waals surface area contributed by atoms with Gasteiger partial charge < -0.3 is 5.73 Å². The SMILES string of the molecule is C=C(C)CC(N)C1CCCC(C(F)(F)F)C1. The van der Waals surface area contributed by atoms with Crippen LogP contribution in [0.1, 0.15) is 39.0 Å². The van der Waals surface area contributed by atoms with Crippen molar-refractivity contribution in [1.82, 2.24) is 0 Å². The van der Waals surface area contributed by atoms with Crippen molar-refractivity contribution in [3.05, 3.63) is 12.2 Å². The van der Waals surface area contributed by atoms with Crippen LogP contribution < -0.4 is 5.73 Å². The van der Waals surface area contributed by atoms with Crippen LogP contribution in [0.2, 0.25) is 0 Å². The largest absolute Gasteiger partial charge is 0.391 e. The zero-order valence-electron chi connectivity index (χ0n) is 9.69. The van der Waals surface area contributed by atoms with Gasteiger partial charge in [0.1, 0.15) is 0 Å². The van der Waals surface area contributed by atoms with Gasteiger partial charge in [-0.05, 0) is 38.5 Å². The molecular weight excluding hydrogens is 215 g/mol. The molecule has 1 rings (SSSR count). The Balaban J connectivity index is 2.53. The van der Waals surface area contributed by atoms with Gasteiger partial charge in [0.15, 0.2) is 0 Å². The first-order valence-electron chi connectivity index (χ1n) is 5.77. The zero-order chi connectivity index (χ0) is 12.3. The molecule has 0 aromatic heterocycles. The lowest BCUT2D eigenvalue weighted by atomic mass is 9.76. The molecular formula is C12H20F3N. The van der Waals surface area contributed by atoms with Gasteiger partial charge in [-0.15, -0.1) is 6.58 Å². The molecule has 3 atom stereocenters. The first-order chi connectivity index (χ1) is 7.30. The molecule has 2 N–H and O–H groups in total. The number of nitrogens with two attached hydrogens (primary N) is 1. The number of alkyl halides is 3. The third-order valence-electron chi connectivity index (χ3n) is 3.37. The van der Waals surface area contributed by atoms with Gasteiger partial charge in [0.25, 0.3) is 0 Å². The van der Waals surface area contributed by atoms with Gasteiger partial charge in [0.2, 0.25) is 0 Å². The van der Waals surface area contributed by atoms with Gasteiger partial charge >= 0.3 is 6.18 Å². The normalized spacial score (nSPS) is 28.8. The molecule has 1 saturated carbocycles. The fourth-order valence-corrected chi connectivity index (χ4v) is 2.48. The van der Waals surface area contributed by atoms with Crippen molar-refractivity contribution in [2.24, 2.45) is 17.6 Å². The van der Waals surface area contributed by atoms with Gasteiger partial charge in [-0.3, -0.25) is 0 Å². The summed E-state index contributed by atoms with van der Waals surface area (Å²) in [6.45, 7) is 5.62. The highest BCUT2D eigenvalue weighted by Gasteiger charge is 2.42. The predicted octanol–water partition coefficient (Wildman–Crippen LogP) is 3.65. The summed E-state index contributed by atoms with van der Waals surface area (Å²) in [5, 5.41) is 0. The van der Waals surface area contributed by atoms with Gasteiger partial charge in [-0.2, -0.15) is 13.2 Å². The smallest absolute Gasteiger partial charge is 0.327 e. The van der Waals surface area contributed by atoms with E-state index in [2.05, 4.69) is 6.58 Å². The van der Waals surface area contributed by atoms with Gasteiger partial charge in [-0.1, -0.05) is 12.0 Å². The molecule has 0 aromatic rings. The van der Waals surface area contributed by atoms with Crippen LogP contribution in [0.4, 0.5) is 13.2 Å². The molecule has 0 aromatic carbocycles. The molecule has 1 aliphatic carbocycles. The Bertz CT molecular complexity index is 247. The molecule has 1 nitrogen and oxygen atoms in total. The summed E-state index contributed by atoms with van der Waals surface area (Å²) in [6.07, 6.45) is -1.51. The minimum Gasteiger partial charge on any atom is -0.327 e. The quantitative estimate of drug-likeness (QED) is 0.742. The van der Waals surface area contributed by atoms with E-state index in [1.165, 1.54) is 0 Å². The molecule has 1 aliphatic rings. The number of hydrogen-bond acceptors (Lipinski definition) is 1. The topological polar surface area (TPSA) is 26.0 Å². The summed E-state index contributed by atoms with van der Waals surface area (Å²) in [4.78, 5) is 0. The van der Waals surface area contributed by atoms with E-state index in [1.807, 2.05) is 6.92 Å². The fourth-order valence-electron chi connectivity index (χ4n) is 2.48. The molecule has 0 aliphatic heterocycles. The Labute approximate surface area is 94.9 Å². The van der Waals surface area contributed by atoms with Crippen LogP contribution in [0.15, 0.2) is 12.2 Å². The highest BCUT2D eigenvalue weighted by molar-refractivity contribution is 4.95. The van der Waals surface area contributed by atoms with E-state index < -0.39 is 12.1 Å². The summed E-state index contributed by atoms with van der Waals surface area (Å²) in [5.41, 5.74) is 6.87. The predicted molar refractivity (Wildman–Crippen MR) is 58.9 cm³/mol. The number of halogens is 3. The van der Waals surface area contributed by atoms with Crippen LogP contribution >= 0.6 is 0 Å². The first-order valence-corrected chi connectivity index (χ1v) is 5.77. The second-order valence-corrected chi connectivity index (χ2v) is 4.99. The number of hydrogen-bond donors (Lipinski definition) is 1. The Kier molecular flexibility index (Phi) is 4.42. The third kappa shape index (κ3) is 3.81. The minimum atomic E-state index is -4.05. The maximum absolute atomic E-state index is 12.6. The van der Waals surface area contributed by atoms with Crippen molar-refractivity contribution in [2.75, 3.05) is 0 Å². The van der Waals surface area contributed by atoms with Crippen LogP contribution in [0.3, 0.4) is 0 Å². The molecule has 0 radical (unpaired) electrons. The van der Waals surface area contributed by atoms with Crippen LogP contribution in [-0.4, -0.2) is 12.2 Å². The molecule has 4 heteroatoms. The minimum absolute atomic E-state index is 0.00271. The van der Waals surface area contributed by atoms with E-state index in [9.17, 15) is 13.2 Å². The summed E-state index contributed by atoms with van der Waals surface area (Å²) >= 11 is 0. The molecule has 0 amide bonds. The summed E-state index contributed by atoms with van der Waals surface area (Å²) < 4.78 is 37.7. The van der Waals surface area contributed by atoms with E-state index in [-0.39, 0.29) is 24.8 Å². The molecule has 16 heavy (non-hydrogen) atoms. The monoisotopic (exact) mass is 235 g/mol. The van der Waals surface area contributed by atoms with E-state index in [4.69, 9.17) is 5.73 Å². The summed E-state index contributed by atoms with van der Waals surface area (Å²) in [7, 11) is 0. The highest BCUT2D eigenvalue weighted by Crippen LogP contribution is 2.41. The molecule has 0 saturated heterocycles. The molecule has 0 spiro atoms. The molecule has 0 heterocycles. The Morgan fingerprint density at radius 1 is 1.44 bits per heavy atom. The lowest BCUT2D eigenvalue weighted by molar-refractivity contribution is -0.186. The van der Waals surface area contributed by atoms with Crippen molar-refractivity contribution in [3.8, 4) is 0 Å². The second-order valence-electron chi connectivity index (χ2n) is 4.99. The lowest BCUT2D eigenvalue weighted by Gasteiger charge is -2.33. The van der Waals surface area contributed by atoms with E-state index in [0.717, 1.165) is 12.0 Å². The van der Waals surface area contributed by atoms with Crippen LogP contribution in [0.25, 0.3) is 0 Å². The van der Waals surface area contributed by atoms with E-state index in [0.29, 0.717) is 12.8 Å². The van der Waals surface area contributed by atoms with Crippen molar-refractivity contribution < 1.29 is 13.2 Å². The Morgan fingerprint density at radius 3 is 2.56 bits per heavy atom. The third-order valence-corrected chi connectivity index (χ3v) is 3.37. The average Bonchev–Trinajstić information content (AvgIpc) is 2.15. The molecule has 0 bridgehead atoms. The maximum atomic E-state index is 12.6. The van der Waals surface area contributed by atoms with Crippen LogP contribution in [-0.2, 0) is 0 Å². The van der Waals surface area contributed by atoms with Crippen molar-refractivity contribution in [3.63, 3.8) is 0 Å². The fraction of sp³-hybridized carbons (Fsp3) is 0.833. The molecule has 1 fully saturated rings. The van der Waals surface area contributed by atoms with Gasteiger partial charge in [0.05, 0.1) is 5.92 Å². The summed E-state index contributed by atoms with van der Waals surface area (Å²) in [5.74, 6) is -1.15. The Morgan fingerprint density at radius 2 is 2.06 bits per heavy atom. The molecule has 94 valence electrons. The average molecular weight is 235 g/mol.